The Hall–Kier alpha value is -0.980. The molecule has 6 heteroatoms. The lowest BCUT2D eigenvalue weighted by Crippen LogP contribution is -3.15. The van der Waals surface area contributed by atoms with Crippen LogP contribution in [0.1, 0.15) is 33.6 Å². The number of β-amino-alcohol motifs (C(OH)–C–C–N with tert-alkyl or cyclic N) is 1. The van der Waals surface area contributed by atoms with Gasteiger partial charge in [-0.15, -0.1) is 0 Å². The fraction of sp³-hybridized carbons (Fsp3) is 0.882. The van der Waals surface area contributed by atoms with Crippen molar-refractivity contribution in [3.05, 3.63) is 0 Å². The zero-order valence-electron chi connectivity index (χ0n) is 14.4. The molecule has 0 aromatic heterocycles. The van der Waals surface area contributed by atoms with Crippen LogP contribution in [0.25, 0.3) is 0 Å². The molecule has 2 amide bonds. The number of quaternary nitrogens is 1. The van der Waals surface area contributed by atoms with Crippen molar-refractivity contribution in [1.29, 1.82) is 0 Å². The minimum atomic E-state index is -0.666. The molecule has 3 rings (SSSR count). The van der Waals surface area contributed by atoms with Crippen LogP contribution >= 0.6 is 0 Å². The third-order valence-corrected chi connectivity index (χ3v) is 6.63. The van der Waals surface area contributed by atoms with Crippen LogP contribution in [0.2, 0.25) is 0 Å². The van der Waals surface area contributed by atoms with Crippen molar-refractivity contribution < 1.29 is 24.3 Å². The van der Waals surface area contributed by atoms with E-state index in [1.165, 1.54) is 9.80 Å². The molecule has 6 nitrogen and oxygen atoms in total. The summed E-state index contributed by atoms with van der Waals surface area (Å²) >= 11 is 0. The van der Waals surface area contributed by atoms with Crippen molar-refractivity contribution in [2.45, 2.75) is 39.7 Å². The Morgan fingerprint density at radius 3 is 2.61 bits per heavy atom. The summed E-state index contributed by atoms with van der Waals surface area (Å²) in [4.78, 5) is 28.3. The number of morpholine rings is 1. The van der Waals surface area contributed by atoms with Crippen molar-refractivity contribution >= 4 is 11.8 Å². The van der Waals surface area contributed by atoms with E-state index in [4.69, 9.17) is 4.74 Å². The molecule has 2 saturated heterocycles. The predicted octanol–water partition coefficient (Wildman–Crippen LogP) is -0.926. The molecule has 0 unspecified atom stereocenters. The molecule has 3 aliphatic rings. The predicted molar refractivity (Wildman–Crippen MR) is 83.7 cm³/mol. The minimum Gasteiger partial charge on any atom is -0.385 e. The molecule has 0 aromatic carbocycles. The molecule has 1 saturated carbocycles. The van der Waals surface area contributed by atoms with E-state index in [0.29, 0.717) is 19.8 Å². The molecule has 2 heterocycles. The lowest BCUT2D eigenvalue weighted by Gasteiger charge is -2.48. The van der Waals surface area contributed by atoms with Gasteiger partial charge in [-0.25, -0.2) is 0 Å². The fourth-order valence-electron chi connectivity index (χ4n) is 4.55. The zero-order valence-corrected chi connectivity index (χ0v) is 14.4. The van der Waals surface area contributed by atoms with Crippen LogP contribution in [0.15, 0.2) is 0 Å². The highest BCUT2D eigenvalue weighted by Crippen LogP contribution is 2.59. The van der Waals surface area contributed by atoms with Crippen molar-refractivity contribution in [3.8, 4) is 0 Å². The van der Waals surface area contributed by atoms with Gasteiger partial charge in [-0.05, 0) is 18.3 Å². The number of imide groups is 1. The van der Waals surface area contributed by atoms with Crippen molar-refractivity contribution in [2.75, 3.05) is 39.4 Å². The Bertz CT molecular complexity index is 501. The third-order valence-electron chi connectivity index (χ3n) is 6.63. The second-order valence-corrected chi connectivity index (χ2v) is 8.12. The molecule has 2 bridgehead atoms. The van der Waals surface area contributed by atoms with Crippen LogP contribution in [0.3, 0.4) is 0 Å². The second kappa shape index (κ2) is 5.83. The number of nitrogens with zero attached hydrogens (tertiary/aromatic N) is 1. The Kier molecular flexibility index (Phi) is 4.27. The molecule has 0 spiro atoms. The summed E-state index contributed by atoms with van der Waals surface area (Å²) < 4.78 is 5.32. The zero-order chi connectivity index (χ0) is 16.8. The number of hydrogen-bond acceptors (Lipinski definition) is 4. The van der Waals surface area contributed by atoms with Crippen LogP contribution < -0.4 is 4.90 Å². The van der Waals surface area contributed by atoms with Gasteiger partial charge >= 0.3 is 0 Å². The maximum Gasteiger partial charge on any atom is 0.235 e. The molecule has 23 heavy (non-hydrogen) atoms. The summed E-state index contributed by atoms with van der Waals surface area (Å²) in [6, 6.07) is 0. The van der Waals surface area contributed by atoms with Gasteiger partial charge in [0.05, 0.1) is 25.2 Å². The molecule has 0 radical (unpaired) electrons. The van der Waals surface area contributed by atoms with E-state index in [0.717, 1.165) is 25.9 Å². The highest BCUT2D eigenvalue weighted by Gasteiger charge is 2.64. The molecule has 3 fully saturated rings. The van der Waals surface area contributed by atoms with E-state index in [1.54, 1.807) is 0 Å². The minimum absolute atomic E-state index is 0.0917. The van der Waals surface area contributed by atoms with Gasteiger partial charge in [-0.2, -0.15) is 0 Å². The number of likely N-dealkylation sites (tertiary alicyclic amines) is 1. The first kappa shape index (κ1) is 16.9. The number of nitrogens with one attached hydrogen (secondary N) is 1. The van der Waals surface area contributed by atoms with E-state index in [1.807, 2.05) is 20.8 Å². The van der Waals surface area contributed by atoms with Gasteiger partial charge in [-0.3, -0.25) is 14.5 Å². The molecular formula is C17H29N2O4+. The summed E-state index contributed by atoms with van der Waals surface area (Å²) in [6.07, 6.45) is 0.867. The number of carbonyl (C=O) groups is 2. The lowest BCUT2D eigenvalue weighted by atomic mass is 9.62. The number of ether oxygens (including phenoxy) is 1. The SMILES string of the molecule is CC1(C)[C@@H]2CC[C@]1(C)C(=O)N(C[C@@H](O)C[NH+]1CCOCC1)C2=O. The van der Waals surface area contributed by atoms with Crippen molar-refractivity contribution in [1.82, 2.24) is 4.90 Å². The summed E-state index contributed by atoms with van der Waals surface area (Å²) in [5.74, 6) is -0.295. The molecule has 1 aliphatic carbocycles. The summed E-state index contributed by atoms with van der Waals surface area (Å²) in [7, 11) is 0. The van der Waals surface area contributed by atoms with E-state index >= 15 is 0 Å². The van der Waals surface area contributed by atoms with Crippen LogP contribution in [-0.4, -0.2) is 67.3 Å². The Morgan fingerprint density at radius 2 is 1.96 bits per heavy atom. The third kappa shape index (κ3) is 2.61. The van der Waals surface area contributed by atoms with E-state index in [-0.39, 0.29) is 29.7 Å². The summed E-state index contributed by atoms with van der Waals surface area (Å²) in [6.45, 7) is 9.89. The number of aliphatic hydroxyl groups excluding tert-OH is 1. The highest BCUT2D eigenvalue weighted by molar-refractivity contribution is 6.03. The summed E-state index contributed by atoms with van der Waals surface area (Å²) in [5, 5.41) is 10.4. The fourth-order valence-corrected chi connectivity index (χ4v) is 4.55. The number of hydrogen-bond donors (Lipinski definition) is 2. The molecule has 3 atom stereocenters. The van der Waals surface area contributed by atoms with E-state index in [9.17, 15) is 14.7 Å². The van der Waals surface area contributed by atoms with Gasteiger partial charge < -0.3 is 14.7 Å². The maximum absolute atomic E-state index is 12.9. The van der Waals surface area contributed by atoms with Gasteiger partial charge in [-0.1, -0.05) is 20.8 Å². The van der Waals surface area contributed by atoms with Crippen LogP contribution in [-0.2, 0) is 14.3 Å². The number of rotatable bonds is 4. The normalized spacial score (nSPS) is 35.7. The Morgan fingerprint density at radius 1 is 1.30 bits per heavy atom. The van der Waals surface area contributed by atoms with Gasteiger partial charge in [0.15, 0.2) is 0 Å². The van der Waals surface area contributed by atoms with Crippen molar-refractivity contribution in [2.24, 2.45) is 16.7 Å². The maximum atomic E-state index is 12.9. The van der Waals surface area contributed by atoms with Gasteiger partial charge in [0, 0.05) is 5.92 Å². The number of aliphatic hydroxyl groups is 1. The largest absolute Gasteiger partial charge is 0.385 e. The highest BCUT2D eigenvalue weighted by atomic mass is 16.5. The van der Waals surface area contributed by atoms with Crippen LogP contribution in [0, 0.1) is 16.7 Å². The van der Waals surface area contributed by atoms with Gasteiger partial charge in [0.1, 0.15) is 25.7 Å². The number of fused-ring (bicyclic) bond motifs is 2. The summed E-state index contributed by atoms with van der Waals surface area (Å²) in [5.41, 5.74) is -0.783. The van der Waals surface area contributed by atoms with E-state index in [2.05, 4.69) is 0 Å². The first-order chi connectivity index (χ1) is 10.8. The molecular weight excluding hydrogens is 296 g/mol. The molecule has 2 aliphatic heterocycles. The first-order valence-corrected chi connectivity index (χ1v) is 8.72. The quantitative estimate of drug-likeness (QED) is 0.656. The molecule has 0 aromatic rings. The molecule has 2 N–H and O–H groups in total. The molecule has 130 valence electrons. The topological polar surface area (TPSA) is 71.3 Å². The monoisotopic (exact) mass is 325 g/mol. The standard InChI is InChI=1S/C17H28N2O4/c1-16(2)13-4-5-17(16,3)15(22)19(14(13)21)11-12(20)10-18-6-8-23-9-7-18/h12-13,20H,4-11H2,1-3H3/p+1/t12-,13+,17+/m0/s1. The Labute approximate surface area is 137 Å². The van der Waals surface area contributed by atoms with Gasteiger partial charge in [0.25, 0.3) is 0 Å². The average molecular weight is 325 g/mol. The first-order valence-electron chi connectivity index (χ1n) is 8.72. The lowest BCUT2D eigenvalue weighted by molar-refractivity contribution is -0.910. The number of piperidine rings is 1. The van der Waals surface area contributed by atoms with Crippen LogP contribution in [0.5, 0.6) is 0 Å². The smallest absolute Gasteiger partial charge is 0.235 e. The number of amides is 2. The van der Waals surface area contributed by atoms with Crippen molar-refractivity contribution in [3.63, 3.8) is 0 Å². The van der Waals surface area contributed by atoms with Crippen LogP contribution in [0.4, 0.5) is 0 Å². The number of carbonyl (C=O) groups excluding carboxylic acids is 2. The Balaban J connectivity index is 1.68. The second-order valence-electron chi connectivity index (χ2n) is 8.12. The van der Waals surface area contributed by atoms with Gasteiger partial charge in [0.2, 0.25) is 11.8 Å². The van der Waals surface area contributed by atoms with E-state index < -0.39 is 11.5 Å². The average Bonchev–Trinajstić information content (AvgIpc) is 2.70.